The molecule has 2 atom stereocenters. The molecule has 0 radical (unpaired) electrons. The minimum atomic E-state index is 0.115. The Bertz CT molecular complexity index is 487. The molecule has 3 nitrogen and oxygen atoms in total. The Morgan fingerprint density at radius 2 is 1.33 bits per heavy atom. The van der Waals surface area contributed by atoms with Crippen LogP contribution in [-0.4, -0.2) is 30.5 Å². The van der Waals surface area contributed by atoms with E-state index in [1.807, 2.05) is 6.07 Å². The summed E-state index contributed by atoms with van der Waals surface area (Å²) in [5, 5.41) is 10.4. The number of hydrogen-bond acceptors (Lipinski definition) is 3. The van der Waals surface area contributed by atoms with Crippen molar-refractivity contribution in [3.05, 3.63) is 29.3 Å². The largest absolute Gasteiger partial charge is 0.508 e. The van der Waals surface area contributed by atoms with Gasteiger partial charge in [-0.1, -0.05) is 64.5 Å². The Morgan fingerprint density at radius 1 is 0.778 bits per heavy atom. The van der Waals surface area contributed by atoms with E-state index in [2.05, 4.69) is 33.8 Å². The third kappa shape index (κ3) is 10.8. The first-order valence-corrected chi connectivity index (χ1v) is 11.1. The lowest BCUT2D eigenvalue weighted by Gasteiger charge is -2.19. The molecule has 0 aromatic heterocycles. The summed E-state index contributed by atoms with van der Waals surface area (Å²) in [6, 6.07) is 5.82. The summed E-state index contributed by atoms with van der Waals surface area (Å²) in [6.07, 6.45) is 11.6. The Hall–Kier alpha value is -1.06. The van der Waals surface area contributed by atoms with Gasteiger partial charge >= 0.3 is 0 Å². The molecule has 0 bridgehead atoms. The van der Waals surface area contributed by atoms with Gasteiger partial charge in [0.05, 0.1) is 12.2 Å². The van der Waals surface area contributed by atoms with Crippen LogP contribution in [0.2, 0.25) is 0 Å². The van der Waals surface area contributed by atoms with E-state index in [-0.39, 0.29) is 12.2 Å². The second-order valence-corrected chi connectivity index (χ2v) is 7.81. The van der Waals surface area contributed by atoms with Crippen molar-refractivity contribution in [3.63, 3.8) is 0 Å². The summed E-state index contributed by atoms with van der Waals surface area (Å²) in [6.45, 7) is 10.3. The molecule has 0 aliphatic heterocycles. The predicted octanol–water partition coefficient (Wildman–Crippen LogP) is 6.45. The molecule has 0 spiro atoms. The number of phenolic OH excluding ortho intramolecular Hbond substituents is 1. The third-order valence-electron chi connectivity index (χ3n) is 5.05. The van der Waals surface area contributed by atoms with Crippen LogP contribution in [0.4, 0.5) is 0 Å². The second-order valence-electron chi connectivity index (χ2n) is 7.81. The summed E-state index contributed by atoms with van der Waals surface area (Å²) >= 11 is 0. The van der Waals surface area contributed by atoms with Gasteiger partial charge < -0.3 is 14.6 Å². The van der Waals surface area contributed by atoms with Crippen molar-refractivity contribution in [2.45, 2.75) is 104 Å². The van der Waals surface area contributed by atoms with Crippen LogP contribution in [0, 0.1) is 0 Å². The van der Waals surface area contributed by atoms with Crippen LogP contribution in [0.15, 0.2) is 18.2 Å². The van der Waals surface area contributed by atoms with Crippen molar-refractivity contribution in [2.24, 2.45) is 0 Å². The fourth-order valence-electron chi connectivity index (χ4n) is 3.39. The Labute approximate surface area is 167 Å². The molecule has 1 aromatic rings. The van der Waals surface area contributed by atoms with Gasteiger partial charge in [0.2, 0.25) is 0 Å². The molecule has 0 saturated carbocycles. The predicted molar refractivity (Wildman–Crippen MR) is 115 cm³/mol. The first kappa shape index (κ1) is 24.0. The highest BCUT2D eigenvalue weighted by Crippen LogP contribution is 2.25. The highest BCUT2D eigenvalue weighted by Gasteiger charge is 2.15. The van der Waals surface area contributed by atoms with Gasteiger partial charge in [0.25, 0.3) is 0 Å². The topological polar surface area (TPSA) is 38.7 Å². The lowest BCUT2D eigenvalue weighted by atomic mass is 9.97. The highest BCUT2D eigenvalue weighted by molar-refractivity contribution is 5.40. The van der Waals surface area contributed by atoms with Crippen molar-refractivity contribution < 1.29 is 14.6 Å². The van der Waals surface area contributed by atoms with Crippen LogP contribution in [0.5, 0.6) is 5.75 Å². The molecule has 0 fully saturated rings. The molecular weight excluding hydrogens is 336 g/mol. The molecule has 1 N–H and O–H groups in total. The molecule has 0 aliphatic rings. The van der Waals surface area contributed by atoms with E-state index in [4.69, 9.17) is 9.47 Å². The van der Waals surface area contributed by atoms with E-state index < -0.39 is 0 Å². The third-order valence-corrected chi connectivity index (χ3v) is 5.05. The fourth-order valence-corrected chi connectivity index (χ4v) is 3.39. The van der Waals surface area contributed by atoms with Gasteiger partial charge in [0.15, 0.2) is 0 Å². The van der Waals surface area contributed by atoms with E-state index in [0.717, 1.165) is 44.5 Å². The molecule has 0 saturated heterocycles. The molecule has 156 valence electrons. The van der Waals surface area contributed by atoms with E-state index in [1.165, 1.54) is 44.1 Å². The molecule has 1 rings (SSSR count). The quantitative estimate of drug-likeness (QED) is 0.336. The lowest BCUT2D eigenvalue weighted by Crippen LogP contribution is -2.17. The number of aromatic hydroxyl groups is 1. The van der Waals surface area contributed by atoms with Gasteiger partial charge in [0.1, 0.15) is 5.75 Å². The Kier molecular flexibility index (Phi) is 13.3. The van der Waals surface area contributed by atoms with Gasteiger partial charge in [-0.05, 0) is 50.3 Å². The number of rotatable bonds is 16. The lowest BCUT2D eigenvalue weighted by molar-refractivity contribution is 0.0595. The number of ether oxygens (including phenoxy) is 2. The van der Waals surface area contributed by atoms with E-state index in [0.29, 0.717) is 5.75 Å². The monoisotopic (exact) mass is 378 g/mol. The Morgan fingerprint density at radius 3 is 1.89 bits per heavy atom. The summed E-state index contributed by atoms with van der Waals surface area (Å²) in [5.41, 5.74) is 2.19. The van der Waals surface area contributed by atoms with Gasteiger partial charge in [-0.2, -0.15) is 0 Å². The zero-order chi connectivity index (χ0) is 19.9. The maximum atomic E-state index is 10.4. The minimum Gasteiger partial charge on any atom is -0.508 e. The molecule has 0 aliphatic carbocycles. The first-order valence-electron chi connectivity index (χ1n) is 11.1. The summed E-state index contributed by atoms with van der Waals surface area (Å²) in [7, 11) is 0. The summed E-state index contributed by atoms with van der Waals surface area (Å²) in [4.78, 5) is 0. The standard InChI is InChI=1S/C24H42O3/c1-5-7-9-11-16-26-20(3)18-22-14-13-15-24(25)23(22)19-21(4)27-17-12-10-8-6-2/h13-15,20-21,25H,5-12,16-19H2,1-4H3. The van der Waals surface area contributed by atoms with Gasteiger partial charge in [-0.15, -0.1) is 0 Å². The Balaban J connectivity index is 2.48. The van der Waals surface area contributed by atoms with E-state index >= 15 is 0 Å². The number of phenols is 1. The number of benzene rings is 1. The van der Waals surface area contributed by atoms with Crippen molar-refractivity contribution in [3.8, 4) is 5.75 Å². The molecule has 0 amide bonds. The number of hydrogen-bond donors (Lipinski definition) is 1. The molecule has 3 heteroatoms. The van der Waals surface area contributed by atoms with E-state index in [1.54, 1.807) is 6.07 Å². The molecule has 27 heavy (non-hydrogen) atoms. The molecular formula is C24H42O3. The maximum absolute atomic E-state index is 10.4. The SMILES string of the molecule is CCCCCCOC(C)Cc1cccc(O)c1CC(C)OCCCCCC. The molecule has 2 unspecified atom stereocenters. The van der Waals surface area contributed by atoms with Crippen LogP contribution in [0.1, 0.15) is 90.2 Å². The normalized spacial score (nSPS) is 13.6. The first-order chi connectivity index (χ1) is 13.1. The van der Waals surface area contributed by atoms with Crippen LogP contribution in [0.3, 0.4) is 0 Å². The summed E-state index contributed by atoms with van der Waals surface area (Å²) < 4.78 is 11.9. The van der Waals surface area contributed by atoms with Crippen LogP contribution < -0.4 is 0 Å². The van der Waals surface area contributed by atoms with Crippen molar-refractivity contribution in [1.29, 1.82) is 0 Å². The summed E-state index contributed by atoms with van der Waals surface area (Å²) in [5.74, 6) is 0.379. The van der Waals surface area contributed by atoms with Crippen molar-refractivity contribution in [1.82, 2.24) is 0 Å². The van der Waals surface area contributed by atoms with Crippen LogP contribution >= 0.6 is 0 Å². The van der Waals surface area contributed by atoms with Crippen molar-refractivity contribution in [2.75, 3.05) is 13.2 Å². The van der Waals surface area contributed by atoms with Crippen molar-refractivity contribution >= 4 is 0 Å². The van der Waals surface area contributed by atoms with Gasteiger partial charge in [-0.25, -0.2) is 0 Å². The zero-order valence-corrected chi connectivity index (χ0v) is 18.1. The highest BCUT2D eigenvalue weighted by atomic mass is 16.5. The van der Waals surface area contributed by atoms with Gasteiger partial charge in [-0.3, -0.25) is 0 Å². The van der Waals surface area contributed by atoms with Gasteiger partial charge in [0, 0.05) is 19.6 Å². The minimum absolute atomic E-state index is 0.115. The van der Waals surface area contributed by atoms with Crippen LogP contribution in [0.25, 0.3) is 0 Å². The molecule has 0 heterocycles. The number of unbranched alkanes of at least 4 members (excludes halogenated alkanes) is 6. The average molecular weight is 379 g/mol. The zero-order valence-electron chi connectivity index (χ0n) is 18.1. The average Bonchev–Trinajstić information content (AvgIpc) is 2.64. The van der Waals surface area contributed by atoms with E-state index in [9.17, 15) is 5.11 Å². The fraction of sp³-hybridized carbons (Fsp3) is 0.750. The maximum Gasteiger partial charge on any atom is 0.119 e. The van der Waals surface area contributed by atoms with Crippen LogP contribution in [-0.2, 0) is 22.3 Å². The second kappa shape index (κ2) is 14.9. The molecule has 1 aromatic carbocycles. The smallest absolute Gasteiger partial charge is 0.119 e.